The fourth-order valence-corrected chi connectivity index (χ4v) is 3.44. The van der Waals surface area contributed by atoms with Crippen LogP contribution in [0, 0.1) is 20.8 Å². The number of nitrogens with one attached hydrogen (secondary N) is 1. The maximum absolute atomic E-state index is 12.8. The smallest absolute Gasteiger partial charge is 0.255 e. The number of aromatic nitrogens is 2. The average molecular weight is 337 g/mol. The molecule has 0 radical (unpaired) electrons. The van der Waals surface area contributed by atoms with Crippen molar-refractivity contribution in [1.82, 2.24) is 15.3 Å². The molecule has 2 aromatic heterocycles. The van der Waals surface area contributed by atoms with Gasteiger partial charge in [-0.3, -0.25) is 4.79 Å². The molecule has 24 heavy (non-hydrogen) atoms. The number of amides is 1. The fraction of sp³-hybridized carbons (Fsp3) is 0.211. The zero-order chi connectivity index (χ0) is 17.1. The first-order chi connectivity index (χ1) is 11.5. The van der Waals surface area contributed by atoms with Crippen molar-refractivity contribution in [2.45, 2.75) is 26.8 Å². The number of thiophene rings is 1. The number of nitrogens with zero attached hydrogens (tertiary/aromatic N) is 2. The van der Waals surface area contributed by atoms with Gasteiger partial charge in [0.1, 0.15) is 5.82 Å². The Labute approximate surface area is 145 Å². The van der Waals surface area contributed by atoms with E-state index >= 15 is 0 Å². The van der Waals surface area contributed by atoms with Crippen molar-refractivity contribution in [3.8, 4) is 0 Å². The second-order valence-corrected chi connectivity index (χ2v) is 6.73. The van der Waals surface area contributed by atoms with Gasteiger partial charge < -0.3 is 5.32 Å². The summed E-state index contributed by atoms with van der Waals surface area (Å²) in [5, 5.41) is 5.15. The molecule has 4 nitrogen and oxygen atoms in total. The van der Waals surface area contributed by atoms with Gasteiger partial charge in [-0.25, -0.2) is 9.97 Å². The van der Waals surface area contributed by atoms with E-state index in [-0.39, 0.29) is 11.9 Å². The highest BCUT2D eigenvalue weighted by atomic mass is 32.1. The summed E-state index contributed by atoms with van der Waals surface area (Å²) < 4.78 is 0. The molecule has 1 atom stereocenters. The van der Waals surface area contributed by atoms with E-state index in [1.807, 2.05) is 43.5 Å². The Morgan fingerprint density at radius 1 is 1.17 bits per heavy atom. The van der Waals surface area contributed by atoms with Gasteiger partial charge >= 0.3 is 0 Å². The minimum atomic E-state index is -0.182. The van der Waals surface area contributed by atoms with E-state index in [4.69, 9.17) is 0 Å². The number of aryl methyl sites for hydroxylation is 3. The average Bonchev–Trinajstić information content (AvgIpc) is 3.06. The Hall–Kier alpha value is -2.53. The van der Waals surface area contributed by atoms with Crippen molar-refractivity contribution in [3.63, 3.8) is 0 Å². The van der Waals surface area contributed by atoms with Crippen LogP contribution >= 0.6 is 11.3 Å². The molecule has 0 aliphatic carbocycles. The van der Waals surface area contributed by atoms with Crippen LogP contribution in [0.5, 0.6) is 0 Å². The molecule has 0 aliphatic heterocycles. The van der Waals surface area contributed by atoms with Crippen molar-refractivity contribution in [2.75, 3.05) is 0 Å². The molecular formula is C19H19N3OS. The van der Waals surface area contributed by atoms with E-state index in [1.54, 1.807) is 17.5 Å². The summed E-state index contributed by atoms with van der Waals surface area (Å²) in [6.07, 6.45) is 1.59. The van der Waals surface area contributed by atoms with E-state index in [2.05, 4.69) is 34.3 Å². The second kappa shape index (κ2) is 6.93. The maximum atomic E-state index is 12.8. The third kappa shape index (κ3) is 3.51. The third-order valence-electron chi connectivity index (χ3n) is 3.82. The van der Waals surface area contributed by atoms with Gasteiger partial charge in [-0.15, -0.1) is 11.3 Å². The topological polar surface area (TPSA) is 54.9 Å². The van der Waals surface area contributed by atoms with Crippen LogP contribution in [-0.4, -0.2) is 15.9 Å². The summed E-state index contributed by atoms with van der Waals surface area (Å²) in [7, 11) is 0. The van der Waals surface area contributed by atoms with E-state index in [0.717, 1.165) is 16.0 Å². The summed E-state index contributed by atoms with van der Waals surface area (Å²) in [6.45, 7) is 5.70. The number of carbonyl (C=O) groups is 1. The number of carbonyl (C=O) groups excluding carboxylic acids is 1. The third-order valence-corrected chi connectivity index (χ3v) is 4.76. The Morgan fingerprint density at radius 3 is 2.67 bits per heavy atom. The highest BCUT2D eigenvalue weighted by Gasteiger charge is 2.20. The van der Waals surface area contributed by atoms with Crippen LogP contribution in [0.15, 0.2) is 48.0 Å². The van der Waals surface area contributed by atoms with Crippen molar-refractivity contribution >= 4 is 17.2 Å². The van der Waals surface area contributed by atoms with E-state index < -0.39 is 0 Å². The number of benzene rings is 1. The summed E-state index contributed by atoms with van der Waals surface area (Å²) >= 11 is 1.63. The van der Waals surface area contributed by atoms with Gasteiger partial charge in [0.2, 0.25) is 0 Å². The van der Waals surface area contributed by atoms with Crippen LogP contribution in [0.3, 0.4) is 0 Å². The Balaban J connectivity index is 1.94. The highest BCUT2D eigenvalue weighted by molar-refractivity contribution is 7.10. The number of rotatable bonds is 4. The molecule has 1 aromatic carbocycles. The van der Waals surface area contributed by atoms with Crippen LogP contribution in [0.1, 0.15) is 43.9 Å². The van der Waals surface area contributed by atoms with Crippen LogP contribution < -0.4 is 5.32 Å². The normalized spacial score (nSPS) is 12.0. The summed E-state index contributed by atoms with van der Waals surface area (Å²) in [5.74, 6) is 0.505. The Morgan fingerprint density at radius 2 is 2.00 bits per heavy atom. The first-order valence-corrected chi connectivity index (χ1v) is 8.63. The minimum absolute atomic E-state index is 0.160. The molecular weight excluding hydrogens is 318 g/mol. The maximum Gasteiger partial charge on any atom is 0.255 e. The molecule has 0 saturated carbocycles. The highest BCUT2D eigenvalue weighted by Crippen LogP contribution is 2.27. The lowest BCUT2D eigenvalue weighted by Gasteiger charge is -2.19. The van der Waals surface area contributed by atoms with E-state index in [1.165, 1.54) is 0 Å². The lowest BCUT2D eigenvalue weighted by Crippen LogP contribution is -2.29. The molecule has 3 rings (SSSR count). The zero-order valence-electron chi connectivity index (χ0n) is 13.9. The van der Waals surface area contributed by atoms with Gasteiger partial charge in [-0.1, -0.05) is 35.9 Å². The largest absolute Gasteiger partial charge is 0.340 e. The van der Waals surface area contributed by atoms with Crippen molar-refractivity contribution < 1.29 is 4.79 Å². The predicted molar refractivity (Wildman–Crippen MR) is 96.3 cm³/mol. The molecule has 0 fully saturated rings. The molecule has 5 heteroatoms. The molecule has 0 saturated heterocycles. The molecule has 0 aliphatic rings. The van der Waals surface area contributed by atoms with Crippen molar-refractivity contribution in [2.24, 2.45) is 0 Å². The first kappa shape index (κ1) is 16.3. The molecule has 1 amide bonds. The van der Waals surface area contributed by atoms with Gasteiger partial charge in [-0.05, 0) is 37.8 Å². The van der Waals surface area contributed by atoms with Crippen LogP contribution in [0.4, 0.5) is 0 Å². The molecule has 0 spiro atoms. The molecule has 2 heterocycles. The van der Waals surface area contributed by atoms with E-state index in [0.29, 0.717) is 17.1 Å². The molecule has 1 N–H and O–H groups in total. The van der Waals surface area contributed by atoms with Crippen LogP contribution in [0.25, 0.3) is 0 Å². The monoisotopic (exact) mass is 337 g/mol. The second-order valence-electron chi connectivity index (χ2n) is 5.75. The first-order valence-electron chi connectivity index (χ1n) is 7.75. The SMILES string of the molecule is Cc1cccc(C(NC(=O)c2cnc(C)nc2C)c2cccs2)c1. The van der Waals surface area contributed by atoms with Crippen LogP contribution in [-0.2, 0) is 0 Å². The van der Waals surface area contributed by atoms with Crippen molar-refractivity contribution in [3.05, 3.63) is 81.1 Å². The van der Waals surface area contributed by atoms with Gasteiger partial charge in [0.15, 0.2) is 0 Å². The number of hydrogen-bond donors (Lipinski definition) is 1. The molecule has 3 aromatic rings. The van der Waals surface area contributed by atoms with Gasteiger partial charge in [-0.2, -0.15) is 0 Å². The van der Waals surface area contributed by atoms with Crippen LogP contribution in [0.2, 0.25) is 0 Å². The predicted octanol–water partition coefficient (Wildman–Crippen LogP) is 3.98. The van der Waals surface area contributed by atoms with Gasteiger partial charge in [0, 0.05) is 11.1 Å². The van der Waals surface area contributed by atoms with Gasteiger partial charge in [0.25, 0.3) is 5.91 Å². The van der Waals surface area contributed by atoms with E-state index in [9.17, 15) is 4.79 Å². The zero-order valence-corrected chi connectivity index (χ0v) is 14.7. The summed E-state index contributed by atoms with van der Waals surface area (Å²) in [5.41, 5.74) is 3.43. The Kier molecular flexibility index (Phi) is 4.71. The summed E-state index contributed by atoms with van der Waals surface area (Å²) in [6, 6.07) is 12.1. The number of hydrogen-bond acceptors (Lipinski definition) is 4. The van der Waals surface area contributed by atoms with Crippen molar-refractivity contribution in [1.29, 1.82) is 0 Å². The minimum Gasteiger partial charge on any atom is -0.340 e. The Bertz CT molecular complexity index is 859. The fourth-order valence-electron chi connectivity index (χ4n) is 2.64. The quantitative estimate of drug-likeness (QED) is 0.783. The molecule has 122 valence electrons. The lowest BCUT2D eigenvalue weighted by atomic mass is 10.0. The lowest BCUT2D eigenvalue weighted by molar-refractivity contribution is 0.0942. The van der Waals surface area contributed by atoms with Gasteiger partial charge in [0.05, 0.1) is 17.3 Å². The standard InChI is InChI=1S/C19H19N3OS/c1-12-6-4-7-15(10-12)18(17-8-5-9-24-17)22-19(23)16-11-20-14(3)21-13(16)2/h4-11,18H,1-3H3,(H,22,23). The molecule has 0 bridgehead atoms. The molecule has 1 unspecified atom stereocenters. The summed E-state index contributed by atoms with van der Waals surface area (Å²) in [4.78, 5) is 22.3.